The van der Waals surface area contributed by atoms with Gasteiger partial charge in [0.25, 0.3) is 0 Å². The number of carbonyl (C=O) groups excluding carboxylic acids is 1. The normalized spacial score (nSPS) is 19.4. The van der Waals surface area contributed by atoms with E-state index in [0.717, 1.165) is 0 Å². The Morgan fingerprint density at radius 1 is 1.33 bits per heavy atom. The average molecular weight is 171 g/mol. The van der Waals surface area contributed by atoms with Crippen LogP contribution in [0.25, 0.3) is 0 Å². The molecule has 1 heterocycles. The molecule has 0 bridgehead atoms. The number of piperidine rings is 1. The lowest BCUT2D eigenvalue weighted by molar-refractivity contribution is 0.0340. The van der Waals surface area contributed by atoms with Gasteiger partial charge in [-0.1, -0.05) is 0 Å². The first-order chi connectivity index (χ1) is 5.61. The molecular formula is C8H15N2O2. The summed E-state index contributed by atoms with van der Waals surface area (Å²) >= 11 is 0. The minimum absolute atomic E-state index is 0.0156. The van der Waals surface area contributed by atoms with Crippen molar-refractivity contribution in [2.24, 2.45) is 0 Å². The third kappa shape index (κ3) is 2.11. The van der Waals surface area contributed by atoms with E-state index >= 15 is 0 Å². The van der Waals surface area contributed by atoms with Gasteiger partial charge in [-0.15, -0.1) is 0 Å². The Balaban J connectivity index is 2.39. The first-order valence-electron chi connectivity index (χ1n) is 4.23. The van der Waals surface area contributed by atoms with Crippen LogP contribution in [0.1, 0.15) is 12.8 Å². The fourth-order valence-electron chi connectivity index (χ4n) is 1.33. The predicted octanol–water partition coefficient (Wildman–Crippen LogP) is 0.563. The average Bonchev–Trinajstić information content (AvgIpc) is 2.04. The number of nitrogens with zero attached hydrogens (tertiary/aromatic N) is 2. The lowest BCUT2D eigenvalue weighted by atomic mass is 10.1. The summed E-state index contributed by atoms with van der Waals surface area (Å²) in [6.45, 7) is 1.23. The molecular weight excluding hydrogens is 156 g/mol. The molecule has 4 nitrogen and oxygen atoms in total. The van der Waals surface area contributed by atoms with Crippen molar-refractivity contribution < 1.29 is 9.90 Å². The molecule has 1 radical (unpaired) electrons. The molecule has 0 aromatic carbocycles. The number of rotatable bonds is 0. The summed E-state index contributed by atoms with van der Waals surface area (Å²) in [5.41, 5.74) is 0. The minimum atomic E-state index is -0.462. The largest absolute Gasteiger partial charge is 0.331 e. The van der Waals surface area contributed by atoms with Gasteiger partial charge in [0.15, 0.2) is 0 Å². The number of hydrogen-bond donors (Lipinski definition) is 0. The Kier molecular flexibility index (Phi) is 2.92. The van der Waals surface area contributed by atoms with Gasteiger partial charge in [0.05, 0.1) is 6.10 Å². The predicted molar refractivity (Wildman–Crippen MR) is 44.4 cm³/mol. The van der Waals surface area contributed by atoms with E-state index in [-0.39, 0.29) is 6.03 Å². The SMILES string of the molecule is CN(C)C(=O)N1CCC([O])CC1. The number of likely N-dealkylation sites (tertiary alicyclic amines) is 1. The molecule has 1 fully saturated rings. The van der Waals surface area contributed by atoms with Crippen LogP contribution in [-0.4, -0.2) is 49.1 Å². The molecule has 0 unspecified atom stereocenters. The molecule has 1 aliphatic rings. The second kappa shape index (κ2) is 3.76. The molecule has 0 spiro atoms. The van der Waals surface area contributed by atoms with E-state index in [9.17, 15) is 9.90 Å². The van der Waals surface area contributed by atoms with Gasteiger partial charge in [-0.25, -0.2) is 9.90 Å². The van der Waals surface area contributed by atoms with Gasteiger partial charge in [0.2, 0.25) is 0 Å². The van der Waals surface area contributed by atoms with Crippen LogP contribution in [0, 0.1) is 0 Å². The maximum Gasteiger partial charge on any atom is 0.319 e. The highest BCUT2D eigenvalue weighted by molar-refractivity contribution is 5.73. The fraction of sp³-hybridized carbons (Fsp3) is 0.875. The molecule has 69 valence electrons. The second-order valence-corrected chi connectivity index (χ2v) is 3.36. The molecule has 0 aromatic rings. The van der Waals surface area contributed by atoms with Gasteiger partial charge in [0, 0.05) is 27.2 Å². The minimum Gasteiger partial charge on any atom is -0.331 e. The Morgan fingerprint density at radius 2 is 1.83 bits per heavy atom. The van der Waals surface area contributed by atoms with Crippen LogP contribution < -0.4 is 0 Å². The highest BCUT2D eigenvalue weighted by Gasteiger charge is 2.22. The van der Waals surface area contributed by atoms with E-state index < -0.39 is 6.10 Å². The van der Waals surface area contributed by atoms with E-state index in [2.05, 4.69) is 0 Å². The number of amides is 2. The van der Waals surface area contributed by atoms with Gasteiger partial charge in [-0.3, -0.25) is 0 Å². The van der Waals surface area contributed by atoms with E-state index in [1.165, 1.54) is 0 Å². The van der Waals surface area contributed by atoms with Gasteiger partial charge in [-0.05, 0) is 12.8 Å². The van der Waals surface area contributed by atoms with Crippen molar-refractivity contribution in [2.45, 2.75) is 18.9 Å². The van der Waals surface area contributed by atoms with Crippen molar-refractivity contribution >= 4 is 6.03 Å². The Morgan fingerprint density at radius 3 is 2.25 bits per heavy atom. The van der Waals surface area contributed by atoms with Gasteiger partial charge < -0.3 is 9.80 Å². The third-order valence-corrected chi connectivity index (χ3v) is 2.10. The molecule has 1 rings (SSSR count). The molecule has 0 N–H and O–H groups in total. The first-order valence-corrected chi connectivity index (χ1v) is 4.23. The van der Waals surface area contributed by atoms with Crippen LogP contribution >= 0.6 is 0 Å². The lowest BCUT2D eigenvalue weighted by Gasteiger charge is -2.30. The molecule has 1 saturated heterocycles. The fourth-order valence-corrected chi connectivity index (χ4v) is 1.33. The van der Waals surface area contributed by atoms with Crippen LogP contribution in [0.3, 0.4) is 0 Å². The van der Waals surface area contributed by atoms with Crippen molar-refractivity contribution in [1.82, 2.24) is 9.80 Å². The maximum absolute atomic E-state index is 11.4. The zero-order valence-electron chi connectivity index (χ0n) is 7.62. The van der Waals surface area contributed by atoms with Crippen LogP contribution in [-0.2, 0) is 5.11 Å². The molecule has 0 atom stereocenters. The topological polar surface area (TPSA) is 43.5 Å². The highest BCUT2D eigenvalue weighted by Crippen LogP contribution is 2.11. The van der Waals surface area contributed by atoms with Crippen molar-refractivity contribution in [2.75, 3.05) is 27.2 Å². The summed E-state index contributed by atoms with van der Waals surface area (Å²) in [6, 6.07) is 0.0156. The van der Waals surface area contributed by atoms with Gasteiger partial charge in [-0.2, -0.15) is 0 Å². The molecule has 0 aliphatic carbocycles. The van der Waals surface area contributed by atoms with Crippen LogP contribution in [0.15, 0.2) is 0 Å². The first kappa shape index (κ1) is 9.32. The van der Waals surface area contributed by atoms with Crippen LogP contribution in [0.2, 0.25) is 0 Å². The van der Waals surface area contributed by atoms with E-state index in [1.54, 1.807) is 23.9 Å². The highest BCUT2D eigenvalue weighted by atomic mass is 16.3. The number of hydrogen-bond acceptors (Lipinski definition) is 1. The molecule has 0 aromatic heterocycles. The monoisotopic (exact) mass is 171 g/mol. The van der Waals surface area contributed by atoms with E-state index in [0.29, 0.717) is 25.9 Å². The molecule has 0 saturated carbocycles. The number of urea groups is 1. The van der Waals surface area contributed by atoms with Crippen LogP contribution in [0.4, 0.5) is 4.79 Å². The third-order valence-electron chi connectivity index (χ3n) is 2.10. The maximum atomic E-state index is 11.4. The van der Waals surface area contributed by atoms with Crippen molar-refractivity contribution in [3.63, 3.8) is 0 Å². The summed E-state index contributed by atoms with van der Waals surface area (Å²) in [6.07, 6.45) is 0.732. The molecule has 12 heavy (non-hydrogen) atoms. The van der Waals surface area contributed by atoms with Crippen LogP contribution in [0.5, 0.6) is 0 Å². The van der Waals surface area contributed by atoms with E-state index in [1.807, 2.05) is 0 Å². The molecule has 2 amide bonds. The summed E-state index contributed by atoms with van der Waals surface area (Å²) in [7, 11) is 3.46. The molecule has 4 heteroatoms. The van der Waals surface area contributed by atoms with Crippen molar-refractivity contribution in [3.05, 3.63) is 0 Å². The lowest BCUT2D eigenvalue weighted by Crippen LogP contribution is -2.44. The van der Waals surface area contributed by atoms with Crippen molar-refractivity contribution in [3.8, 4) is 0 Å². The zero-order valence-corrected chi connectivity index (χ0v) is 7.62. The summed E-state index contributed by atoms with van der Waals surface area (Å²) < 4.78 is 0. The van der Waals surface area contributed by atoms with Crippen molar-refractivity contribution in [1.29, 1.82) is 0 Å². The quantitative estimate of drug-likeness (QED) is 0.525. The van der Waals surface area contributed by atoms with E-state index in [4.69, 9.17) is 0 Å². The summed E-state index contributed by atoms with van der Waals surface area (Å²) in [5.74, 6) is 0. The summed E-state index contributed by atoms with van der Waals surface area (Å²) in [4.78, 5) is 14.6. The molecule has 1 aliphatic heterocycles. The van der Waals surface area contributed by atoms with Gasteiger partial charge >= 0.3 is 6.03 Å². The Labute approximate surface area is 72.8 Å². The Bertz CT molecular complexity index is 162. The standard InChI is InChI=1S/C8H15N2O2/c1-9(2)8(12)10-5-3-7(11)4-6-10/h7H,3-6H2,1-2H3. The van der Waals surface area contributed by atoms with Gasteiger partial charge in [0.1, 0.15) is 0 Å². The smallest absolute Gasteiger partial charge is 0.319 e. The Hall–Kier alpha value is -0.770. The summed E-state index contributed by atoms with van der Waals surface area (Å²) in [5, 5.41) is 10.9. The second-order valence-electron chi connectivity index (χ2n) is 3.36. The zero-order chi connectivity index (χ0) is 9.14. The number of carbonyl (C=O) groups is 1.